The van der Waals surface area contributed by atoms with Gasteiger partial charge in [-0.3, -0.25) is 4.18 Å². The normalized spacial score (nSPS) is 24.1. The van der Waals surface area contributed by atoms with Gasteiger partial charge in [0.1, 0.15) is 0 Å². The summed E-state index contributed by atoms with van der Waals surface area (Å²) in [6.07, 6.45) is -5.24. The van der Waals surface area contributed by atoms with Gasteiger partial charge in [-0.1, -0.05) is 36.4 Å². The van der Waals surface area contributed by atoms with E-state index in [1.54, 1.807) is 36.4 Å². The summed E-state index contributed by atoms with van der Waals surface area (Å²) in [5, 5.41) is 10.1. The Morgan fingerprint density at radius 2 is 1.40 bits per heavy atom. The van der Waals surface area contributed by atoms with Crippen molar-refractivity contribution in [3.8, 4) is 0 Å². The van der Waals surface area contributed by atoms with Crippen molar-refractivity contribution in [3.05, 3.63) is 71.8 Å². The van der Waals surface area contributed by atoms with Gasteiger partial charge in [-0.2, -0.15) is 8.42 Å². The Hall–Kier alpha value is -2.79. The molecule has 2 aromatic carbocycles. The van der Waals surface area contributed by atoms with Crippen LogP contribution >= 0.6 is 0 Å². The average Bonchev–Trinajstić information content (AvgIpc) is 2.73. The largest absolute Gasteiger partial charge is 0.452 e. The number of hydrogen-bond donors (Lipinski definition) is 1. The second-order valence-electron chi connectivity index (χ2n) is 6.53. The van der Waals surface area contributed by atoms with Crippen LogP contribution in [0.2, 0.25) is 0 Å². The predicted molar refractivity (Wildman–Crippen MR) is 103 cm³/mol. The lowest BCUT2D eigenvalue weighted by Crippen LogP contribution is -2.57. The minimum atomic E-state index is -4.07. The Kier molecular flexibility index (Phi) is 6.83. The van der Waals surface area contributed by atoms with Crippen molar-refractivity contribution in [2.75, 3.05) is 12.9 Å². The quantitative estimate of drug-likeness (QED) is 0.524. The van der Waals surface area contributed by atoms with Crippen LogP contribution < -0.4 is 0 Å². The number of ether oxygens (including phenoxy) is 3. The second kappa shape index (κ2) is 9.35. The Morgan fingerprint density at radius 3 is 1.90 bits per heavy atom. The predicted octanol–water partition coefficient (Wildman–Crippen LogP) is 1.13. The molecule has 0 amide bonds. The van der Waals surface area contributed by atoms with E-state index in [-0.39, 0.29) is 17.7 Å². The maximum Gasteiger partial charge on any atom is 0.338 e. The molecule has 0 aliphatic carbocycles. The van der Waals surface area contributed by atoms with Crippen LogP contribution in [0.3, 0.4) is 0 Å². The molecule has 1 fully saturated rings. The Bertz CT molecular complexity index is 976. The number of hydrogen-bond acceptors (Lipinski definition) is 9. The minimum Gasteiger partial charge on any atom is -0.452 e. The van der Waals surface area contributed by atoms with E-state index < -0.39 is 46.7 Å². The van der Waals surface area contributed by atoms with Gasteiger partial charge in [0.25, 0.3) is 10.1 Å². The van der Waals surface area contributed by atoms with Gasteiger partial charge in [0.15, 0.2) is 24.6 Å². The van der Waals surface area contributed by atoms with Crippen LogP contribution in [0, 0.1) is 0 Å². The van der Waals surface area contributed by atoms with Crippen LogP contribution in [0.25, 0.3) is 0 Å². The molecule has 0 spiro atoms. The first-order valence-corrected chi connectivity index (χ1v) is 10.8. The minimum absolute atomic E-state index is 0.185. The van der Waals surface area contributed by atoms with E-state index in [9.17, 15) is 23.1 Å². The summed E-state index contributed by atoms with van der Waals surface area (Å²) in [7, 11) is -4.07. The first-order valence-electron chi connectivity index (χ1n) is 8.94. The zero-order valence-electron chi connectivity index (χ0n) is 15.9. The van der Waals surface area contributed by atoms with E-state index in [1.165, 1.54) is 24.3 Å². The van der Waals surface area contributed by atoms with Crippen LogP contribution in [0.5, 0.6) is 0 Å². The third kappa shape index (κ3) is 5.63. The van der Waals surface area contributed by atoms with Crippen LogP contribution in [-0.2, 0) is 28.5 Å². The number of carbonyl (C=O) groups is 2. The van der Waals surface area contributed by atoms with Gasteiger partial charge < -0.3 is 19.3 Å². The fraction of sp³-hybridized carbons (Fsp3) is 0.300. The summed E-state index contributed by atoms with van der Waals surface area (Å²) in [6.45, 7) is -0.337. The Morgan fingerprint density at radius 1 is 0.900 bits per heavy atom. The molecule has 10 heteroatoms. The van der Waals surface area contributed by atoms with Crippen molar-refractivity contribution in [3.63, 3.8) is 0 Å². The van der Waals surface area contributed by atoms with Crippen LogP contribution in [0.1, 0.15) is 20.7 Å². The van der Waals surface area contributed by atoms with E-state index in [2.05, 4.69) is 0 Å². The molecule has 160 valence electrons. The highest BCUT2D eigenvalue weighted by Crippen LogP contribution is 2.25. The van der Waals surface area contributed by atoms with Crippen molar-refractivity contribution in [1.29, 1.82) is 0 Å². The van der Waals surface area contributed by atoms with Crippen molar-refractivity contribution >= 4 is 22.1 Å². The van der Waals surface area contributed by atoms with Gasteiger partial charge in [0, 0.05) is 0 Å². The molecule has 3 rings (SSSR count). The van der Waals surface area contributed by atoms with Crippen molar-refractivity contribution in [2.45, 2.75) is 24.6 Å². The first-order chi connectivity index (χ1) is 14.2. The highest BCUT2D eigenvalue weighted by molar-refractivity contribution is 7.86. The zero-order valence-corrected chi connectivity index (χ0v) is 16.7. The third-order valence-electron chi connectivity index (χ3n) is 4.21. The van der Waals surface area contributed by atoms with Crippen LogP contribution in [-0.4, -0.2) is 62.9 Å². The monoisotopic (exact) mass is 436 g/mol. The SMILES string of the molecule is CS(=O)(=O)O[C@H]1[C@H](OC(=O)c2ccccc2)[C@@H](OC(=O)c2ccccc2)CO[C@@H]1O. The number of aliphatic hydroxyl groups excluding tert-OH is 1. The maximum atomic E-state index is 12.5. The van der Waals surface area contributed by atoms with Gasteiger partial charge in [0.2, 0.25) is 0 Å². The fourth-order valence-corrected chi connectivity index (χ4v) is 3.46. The molecule has 9 nitrogen and oxygen atoms in total. The maximum absolute atomic E-state index is 12.5. The van der Waals surface area contributed by atoms with Crippen molar-refractivity contribution < 1.29 is 41.5 Å². The fourth-order valence-electron chi connectivity index (χ4n) is 2.85. The van der Waals surface area contributed by atoms with Crippen LogP contribution in [0.4, 0.5) is 0 Å². The second-order valence-corrected chi connectivity index (χ2v) is 8.14. The lowest BCUT2D eigenvalue weighted by Gasteiger charge is -2.38. The molecule has 0 aromatic heterocycles. The molecule has 1 aliphatic rings. The van der Waals surface area contributed by atoms with E-state index in [0.29, 0.717) is 0 Å². The molecule has 30 heavy (non-hydrogen) atoms. The van der Waals surface area contributed by atoms with Gasteiger partial charge >= 0.3 is 11.9 Å². The molecule has 0 radical (unpaired) electrons. The summed E-state index contributed by atoms with van der Waals surface area (Å²) in [5.41, 5.74) is 0.419. The number of aliphatic hydroxyl groups is 1. The van der Waals surface area contributed by atoms with E-state index in [4.69, 9.17) is 18.4 Å². The molecule has 1 aliphatic heterocycles. The molecule has 4 atom stereocenters. The summed E-state index contributed by atoms with van der Waals surface area (Å²) in [5.74, 6) is -1.54. The standard InChI is InChI=1S/C20H20O9S/c1-30(24,25)29-17-16(28-19(22)14-10-6-3-7-11-14)15(12-26-20(17)23)27-18(21)13-8-4-2-5-9-13/h2-11,15-17,20,23H,12H2,1H3/t15-,16+,17-,20-/m0/s1. The number of rotatable bonds is 6. The van der Waals surface area contributed by atoms with Gasteiger partial charge in [-0.15, -0.1) is 0 Å². The van der Waals surface area contributed by atoms with Gasteiger partial charge in [-0.25, -0.2) is 9.59 Å². The lowest BCUT2D eigenvalue weighted by molar-refractivity contribution is -0.243. The molecule has 0 bridgehead atoms. The molecule has 2 aromatic rings. The molecular weight excluding hydrogens is 416 g/mol. The first kappa shape index (κ1) is 21.9. The van der Waals surface area contributed by atoms with E-state index in [0.717, 1.165) is 6.26 Å². The topological polar surface area (TPSA) is 125 Å². The molecule has 0 saturated carbocycles. The number of benzene rings is 2. The zero-order chi connectivity index (χ0) is 21.7. The average molecular weight is 436 g/mol. The van der Waals surface area contributed by atoms with Gasteiger partial charge in [0.05, 0.1) is 24.0 Å². The van der Waals surface area contributed by atoms with E-state index >= 15 is 0 Å². The molecule has 1 N–H and O–H groups in total. The van der Waals surface area contributed by atoms with Crippen molar-refractivity contribution in [2.24, 2.45) is 0 Å². The van der Waals surface area contributed by atoms with Crippen LogP contribution in [0.15, 0.2) is 60.7 Å². The third-order valence-corrected chi connectivity index (χ3v) is 4.78. The van der Waals surface area contributed by atoms with E-state index in [1.807, 2.05) is 0 Å². The highest BCUT2D eigenvalue weighted by Gasteiger charge is 2.47. The summed E-state index contributed by atoms with van der Waals surface area (Å²) < 4.78 is 44.1. The summed E-state index contributed by atoms with van der Waals surface area (Å²) >= 11 is 0. The number of carbonyl (C=O) groups excluding carboxylic acids is 2. The molecule has 0 unspecified atom stereocenters. The van der Waals surface area contributed by atoms with Crippen molar-refractivity contribution in [1.82, 2.24) is 0 Å². The lowest BCUT2D eigenvalue weighted by atomic mass is 10.0. The molecule has 1 heterocycles. The smallest absolute Gasteiger partial charge is 0.338 e. The summed E-state index contributed by atoms with van der Waals surface area (Å²) in [4.78, 5) is 25.0. The Labute approximate surface area is 173 Å². The van der Waals surface area contributed by atoms with Gasteiger partial charge in [-0.05, 0) is 24.3 Å². The number of esters is 2. The molecule has 1 saturated heterocycles. The Balaban J connectivity index is 1.86. The summed E-state index contributed by atoms with van der Waals surface area (Å²) in [6, 6.07) is 16.0. The molecular formula is C20H20O9S. The highest BCUT2D eigenvalue weighted by atomic mass is 32.2.